The molecule has 0 aliphatic carbocycles. The van der Waals surface area contributed by atoms with E-state index >= 15 is 0 Å². The first-order valence-corrected chi connectivity index (χ1v) is 8.88. The van der Waals surface area contributed by atoms with Gasteiger partial charge in [0.05, 0.1) is 13.0 Å². The Morgan fingerprint density at radius 2 is 1.86 bits per heavy atom. The predicted octanol–water partition coefficient (Wildman–Crippen LogP) is 3.45. The van der Waals surface area contributed by atoms with Crippen LogP contribution < -0.4 is 10.1 Å². The van der Waals surface area contributed by atoms with Gasteiger partial charge in [-0.15, -0.1) is 0 Å². The van der Waals surface area contributed by atoms with E-state index in [1.165, 1.54) is 0 Å². The van der Waals surface area contributed by atoms with Crippen LogP contribution in [0.5, 0.6) is 5.75 Å². The van der Waals surface area contributed by atoms with Crippen LogP contribution in [-0.2, 0) is 16.0 Å². The highest BCUT2D eigenvalue weighted by atomic mass is 19.2. The van der Waals surface area contributed by atoms with Crippen LogP contribution >= 0.6 is 0 Å². The Morgan fingerprint density at radius 3 is 2.50 bits per heavy atom. The van der Waals surface area contributed by atoms with Crippen LogP contribution in [0.25, 0.3) is 0 Å². The molecule has 0 spiro atoms. The van der Waals surface area contributed by atoms with E-state index in [4.69, 9.17) is 0 Å². The summed E-state index contributed by atoms with van der Waals surface area (Å²) in [6, 6.07) is 8.13. The number of carbonyl (C=O) groups excluding carboxylic acids is 2. The second-order valence-electron chi connectivity index (χ2n) is 6.97. The first-order valence-electron chi connectivity index (χ1n) is 8.88. The van der Waals surface area contributed by atoms with Gasteiger partial charge in [-0.3, -0.25) is 9.59 Å². The molecule has 2 aromatic carbocycles. The Labute approximate surface area is 160 Å². The Morgan fingerprint density at radius 1 is 1.18 bits per heavy atom. The van der Waals surface area contributed by atoms with Crippen molar-refractivity contribution in [2.24, 2.45) is 5.92 Å². The van der Waals surface area contributed by atoms with Gasteiger partial charge in [-0.05, 0) is 12.5 Å². The van der Waals surface area contributed by atoms with Crippen LogP contribution in [0.15, 0.2) is 30.3 Å². The van der Waals surface area contributed by atoms with Crippen LogP contribution in [-0.4, -0.2) is 25.3 Å². The molecular formula is C21H20F3NO3. The van der Waals surface area contributed by atoms with Gasteiger partial charge in [0.1, 0.15) is 11.6 Å². The van der Waals surface area contributed by atoms with Gasteiger partial charge >= 0.3 is 0 Å². The highest BCUT2D eigenvalue weighted by molar-refractivity contribution is 5.90. The summed E-state index contributed by atoms with van der Waals surface area (Å²) < 4.78 is 47.6. The quantitative estimate of drug-likeness (QED) is 0.768. The van der Waals surface area contributed by atoms with Crippen molar-refractivity contribution < 1.29 is 27.5 Å². The van der Waals surface area contributed by atoms with E-state index in [1.807, 2.05) is 31.2 Å². The van der Waals surface area contributed by atoms with E-state index in [2.05, 4.69) is 10.1 Å². The number of ether oxygens (including phenoxy) is 1. The zero-order valence-electron chi connectivity index (χ0n) is 15.5. The summed E-state index contributed by atoms with van der Waals surface area (Å²) in [6.45, 7) is 1.86. The Balaban J connectivity index is 1.83. The number of halogens is 3. The molecule has 1 amide bonds. The van der Waals surface area contributed by atoms with Crippen molar-refractivity contribution in [1.29, 1.82) is 0 Å². The summed E-state index contributed by atoms with van der Waals surface area (Å²) in [5.41, 5.74) is 1.31. The lowest BCUT2D eigenvalue weighted by Crippen LogP contribution is -2.23. The number of Topliss-reactive ketones (excluding diaryl/α,β-unsaturated/α-hetero) is 1. The minimum Gasteiger partial charge on any atom is -0.493 e. The third-order valence-corrected chi connectivity index (χ3v) is 5.04. The molecule has 28 heavy (non-hydrogen) atoms. The van der Waals surface area contributed by atoms with Gasteiger partial charge in [-0.2, -0.15) is 4.39 Å². The van der Waals surface area contributed by atoms with Crippen molar-refractivity contribution in [2.75, 3.05) is 13.7 Å². The molecule has 1 saturated heterocycles. The van der Waals surface area contributed by atoms with E-state index in [-0.39, 0.29) is 25.2 Å². The molecule has 1 N–H and O–H groups in total. The number of amides is 1. The first kappa shape index (κ1) is 19.9. The van der Waals surface area contributed by atoms with Crippen LogP contribution in [0.1, 0.15) is 29.0 Å². The molecule has 4 nitrogen and oxygen atoms in total. The van der Waals surface area contributed by atoms with Crippen LogP contribution in [0.2, 0.25) is 0 Å². The van der Waals surface area contributed by atoms with E-state index in [1.54, 1.807) is 0 Å². The Bertz CT molecular complexity index is 912. The topological polar surface area (TPSA) is 55.4 Å². The number of carbonyl (C=O) groups is 2. The molecule has 2 atom stereocenters. The molecule has 7 heteroatoms. The predicted molar refractivity (Wildman–Crippen MR) is 96.6 cm³/mol. The third kappa shape index (κ3) is 3.88. The van der Waals surface area contributed by atoms with E-state index in [0.29, 0.717) is 0 Å². The summed E-state index contributed by atoms with van der Waals surface area (Å²) in [5.74, 6) is -6.92. The maximum absolute atomic E-state index is 14.5. The van der Waals surface area contributed by atoms with E-state index in [9.17, 15) is 22.8 Å². The highest BCUT2D eigenvalue weighted by Gasteiger charge is 2.40. The largest absolute Gasteiger partial charge is 0.493 e. The van der Waals surface area contributed by atoms with Crippen molar-refractivity contribution in [3.05, 3.63) is 64.5 Å². The summed E-state index contributed by atoms with van der Waals surface area (Å²) in [4.78, 5) is 24.6. The lowest BCUT2D eigenvalue weighted by atomic mass is 9.83. The Hall–Kier alpha value is -2.83. The van der Waals surface area contributed by atoms with Crippen molar-refractivity contribution in [3.8, 4) is 5.75 Å². The van der Waals surface area contributed by atoms with Crippen molar-refractivity contribution in [2.45, 2.75) is 25.7 Å². The molecule has 2 aromatic rings. The molecule has 0 bridgehead atoms. The Kier molecular flexibility index (Phi) is 5.72. The minimum absolute atomic E-state index is 0.0685. The minimum atomic E-state index is -1.39. The molecule has 1 fully saturated rings. The molecule has 0 radical (unpaired) electrons. The maximum Gasteiger partial charge on any atom is 0.224 e. The number of hydrogen-bond donors (Lipinski definition) is 1. The lowest BCUT2D eigenvalue weighted by Gasteiger charge is -2.19. The van der Waals surface area contributed by atoms with Gasteiger partial charge in [-0.25, -0.2) is 8.78 Å². The number of ketones is 1. The number of hydrogen-bond acceptors (Lipinski definition) is 3. The fourth-order valence-corrected chi connectivity index (χ4v) is 3.53. The number of nitrogens with one attached hydrogen (secondary N) is 1. The van der Waals surface area contributed by atoms with Crippen molar-refractivity contribution in [1.82, 2.24) is 5.32 Å². The molecule has 0 saturated carbocycles. The number of rotatable bonds is 6. The van der Waals surface area contributed by atoms with Gasteiger partial charge < -0.3 is 10.1 Å². The number of aryl methyl sites for hydroxylation is 1. The molecule has 0 unspecified atom stereocenters. The first-order chi connectivity index (χ1) is 13.3. The van der Waals surface area contributed by atoms with Gasteiger partial charge in [0.15, 0.2) is 11.6 Å². The smallest absolute Gasteiger partial charge is 0.224 e. The van der Waals surface area contributed by atoms with Crippen LogP contribution in [0.4, 0.5) is 13.2 Å². The van der Waals surface area contributed by atoms with Crippen molar-refractivity contribution >= 4 is 11.7 Å². The number of benzene rings is 2. The molecule has 1 heterocycles. The normalized spacial score (nSPS) is 18.8. The van der Waals surface area contributed by atoms with Gasteiger partial charge in [0.2, 0.25) is 11.7 Å². The molecule has 148 valence electrons. The molecule has 1 aliphatic rings. The highest BCUT2D eigenvalue weighted by Crippen LogP contribution is 2.37. The van der Waals surface area contributed by atoms with Gasteiger partial charge in [-0.1, -0.05) is 29.8 Å². The molecule has 1 aliphatic heterocycles. The van der Waals surface area contributed by atoms with Crippen LogP contribution in [0, 0.1) is 30.3 Å². The molecular weight excluding hydrogens is 371 g/mol. The van der Waals surface area contributed by atoms with Crippen LogP contribution in [0.3, 0.4) is 0 Å². The van der Waals surface area contributed by atoms with Crippen molar-refractivity contribution in [3.63, 3.8) is 0 Å². The van der Waals surface area contributed by atoms with E-state index in [0.717, 1.165) is 24.3 Å². The number of methoxy groups -OCH3 is 1. The average Bonchev–Trinajstić information content (AvgIpc) is 3.00. The average molecular weight is 391 g/mol. The summed E-state index contributed by atoms with van der Waals surface area (Å²) in [5, 5.41) is 2.52. The van der Waals surface area contributed by atoms with Gasteiger partial charge in [0.25, 0.3) is 0 Å². The standard InChI is InChI=1S/C21H20F3NO3/c1-11-3-5-12(6-4-11)7-13(26)8-14-15(10-25-21(14)27)18-16(22)9-17(28-2)19(23)20(18)24/h3-6,9,14-15H,7-8,10H2,1-2H3,(H,25,27)/t14-,15+/m0/s1. The SMILES string of the molecule is COc1cc(F)c([C@@H]2CNC(=O)[C@H]2CC(=O)Cc2ccc(C)cc2)c(F)c1F. The maximum atomic E-state index is 14.5. The summed E-state index contributed by atoms with van der Waals surface area (Å²) in [7, 11) is 1.10. The summed E-state index contributed by atoms with van der Waals surface area (Å²) >= 11 is 0. The fourth-order valence-electron chi connectivity index (χ4n) is 3.53. The van der Waals surface area contributed by atoms with Gasteiger partial charge in [0, 0.05) is 36.9 Å². The second-order valence-corrected chi connectivity index (χ2v) is 6.97. The monoisotopic (exact) mass is 391 g/mol. The zero-order valence-corrected chi connectivity index (χ0v) is 15.5. The van der Waals surface area contributed by atoms with E-state index < -0.39 is 46.5 Å². The third-order valence-electron chi connectivity index (χ3n) is 5.04. The fraction of sp³-hybridized carbons (Fsp3) is 0.333. The molecule has 0 aromatic heterocycles. The lowest BCUT2D eigenvalue weighted by molar-refractivity contribution is -0.127. The second kappa shape index (κ2) is 8.04. The molecule has 3 rings (SSSR count). The zero-order chi connectivity index (χ0) is 20.4. The summed E-state index contributed by atoms with van der Waals surface area (Å²) in [6.07, 6.45) is -0.0738.